The van der Waals surface area contributed by atoms with Gasteiger partial charge in [0.05, 0.1) is 0 Å². The molecule has 0 saturated carbocycles. The Balaban J connectivity index is 2.02. The normalized spacial score (nSPS) is 22.2. The number of carbonyl (C=O) groups excluding carboxylic acids is 1. The van der Waals surface area contributed by atoms with Crippen molar-refractivity contribution >= 4 is 48.3 Å². The molecule has 2 aliphatic rings. The molecule has 0 aromatic rings. The molecule has 0 atom stereocenters. The molecule has 2 rings (SSSR count). The first-order valence-electron chi connectivity index (χ1n) is 7.60. The van der Waals surface area contributed by atoms with Crippen molar-refractivity contribution in [2.75, 3.05) is 39.5 Å². The van der Waals surface area contributed by atoms with E-state index < -0.39 is 10.1 Å². The van der Waals surface area contributed by atoms with Crippen LogP contribution in [0.1, 0.15) is 13.3 Å². The summed E-state index contributed by atoms with van der Waals surface area (Å²) in [6, 6.07) is 0. The van der Waals surface area contributed by atoms with E-state index in [1.165, 1.54) is 4.90 Å². The van der Waals surface area contributed by atoms with Gasteiger partial charge in [0, 0.05) is 0 Å². The summed E-state index contributed by atoms with van der Waals surface area (Å²) in [4.78, 5) is 18.0. The van der Waals surface area contributed by atoms with Gasteiger partial charge in [0.2, 0.25) is 0 Å². The van der Waals surface area contributed by atoms with Gasteiger partial charge in [0.1, 0.15) is 0 Å². The quantitative estimate of drug-likeness (QED) is 0.246. The predicted octanol–water partition coefficient (Wildman–Crippen LogP) is -0.457. The molecule has 136 valence electrons. The number of carbonyl (C=O) groups is 1. The molecule has 0 aliphatic carbocycles. The van der Waals surface area contributed by atoms with E-state index in [2.05, 4.69) is 14.7 Å². The zero-order valence-electron chi connectivity index (χ0n) is 13.9. The van der Waals surface area contributed by atoms with Crippen LogP contribution in [0.5, 0.6) is 0 Å². The van der Waals surface area contributed by atoms with Crippen LogP contribution in [0.25, 0.3) is 0 Å². The van der Waals surface area contributed by atoms with Gasteiger partial charge in [-0.15, -0.1) is 0 Å². The first kappa shape index (κ1) is 19.6. The van der Waals surface area contributed by atoms with E-state index in [4.69, 9.17) is 12.2 Å². The van der Waals surface area contributed by atoms with E-state index in [0.717, 1.165) is 16.5 Å². The predicted molar refractivity (Wildman–Crippen MR) is 95.5 cm³/mol. The zero-order chi connectivity index (χ0) is 17.9. The Kier molecular flexibility index (Phi) is 6.63. The van der Waals surface area contributed by atoms with Crippen LogP contribution >= 0.6 is 12.2 Å². The van der Waals surface area contributed by atoms with Gasteiger partial charge >= 0.3 is 154 Å². The van der Waals surface area contributed by atoms with Gasteiger partial charge in [-0.05, 0) is 0 Å². The summed E-state index contributed by atoms with van der Waals surface area (Å²) in [5.41, 5.74) is 2.96. The molecular formula is C13H22N4O4S2Se. The molecule has 1 amide bonds. The molecule has 2 fully saturated rings. The summed E-state index contributed by atoms with van der Waals surface area (Å²) in [6.07, 6.45) is 0.261. The van der Waals surface area contributed by atoms with Crippen LogP contribution in [0.3, 0.4) is 0 Å². The van der Waals surface area contributed by atoms with Crippen LogP contribution in [-0.4, -0.2) is 88.6 Å². The Hall–Kier alpha value is -0.711. The first-order valence-corrected chi connectivity index (χ1v) is 11.7. The molecule has 2 aliphatic heterocycles. The van der Waals surface area contributed by atoms with Crippen molar-refractivity contribution in [2.45, 2.75) is 18.7 Å². The molecule has 2 saturated heterocycles. The number of rotatable bonds is 7. The summed E-state index contributed by atoms with van der Waals surface area (Å²) in [5, 5.41) is 1.50. The first-order chi connectivity index (χ1) is 11.3. The number of likely N-dealkylation sites (N-methyl/N-ethyl adjacent to an activating group) is 1. The van der Waals surface area contributed by atoms with Crippen LogP contribution in [0, 0.1) is 0 Å². The molecule has 8 nitrogen and oxygen atoms in total. The summed E-state index contributed by atoms with van der Waals surface area (Å²) in [5.74, 6) is -0.315. The van der Waals surface area contributed by atoms with Gasteiger partial charge in [-0.25, -0.2) is 0 Å². The van der Waals surface area contributed by atoms with Crippen LogP contribution in [-0.2, 0) is 19.2 Å². The Morgan fingerprint density at radius 1 is 1.38 bits per heavy atom. The monoisotopic (exact) mass is 442 g/mol. The van der Waals surface area contributed by atoms with Crippen molar-refractivity contribution in [2.24, 2.45) is 0 Å². The van der Waals surface area contributed by atoms with Crippen molar-refractivity contribution in [3.63, 3.8) is 0 Å². The van der Waals surface area contributed by atoms with Gasteiger partial charge in [-0.2, -0.15) is 0 Å². The number of amides is 1. The molecule has 0 aromatic heterocycles. The minimum atomic E-state index is -3.64. The van der Waals surface area contributed by atoms with Crippen molar-refractivity contribution < 1.29 is 17.5 Å². The molecule has 0 spiro atoms. The Labute approximate surface area is 154 Å². The van der Waals surface area contributed by atoms with Crippen molar-refractivity contribution in [3.8, 4) is 0 Å². The van der Waals surface area contributed by atoms with E-state index >= 15 is 0 Å². The third-order valence-corrected chi connectivity index (χ3v) is 7.72. The van der Waals surface area contributed by atoms with Gasteiger partial charge < -0.3 is 0 Å². The minimum absolute atomic E-state index is 0.141. The molecule has 0 radical (unpaired) electrons. The third-order valence-electron chi connectivity index (χ3n) is 3.62. The van der Waals surface area contributed by atoms with E-state index in [1.807, 2.05) is 7.05 Å². The van der Waals surface area contributed by atoms with Crippen molar-refractivity contribution in [3.05, 3.63) is 10.3 Å². The number of hydroxylamine groups is 1. The average Bonchev–Trinajstić information content (AvgIpc) is 3.02. The van der Waals surface area contributed by atoms with E-state index in [1.54, 1.807) is 18.9 Å². The average molecular weight is 441 g/mol. The standard InChI is InChI=1S/C13H22N4O4S2Se/c1-4-14-21-23(19,20)8-5-6-17-11(18)10(16(3)13(17)22)12-15(2)7-9-24-12/h14H,4-9H2,1-3H3/b12-10-. The SMILES string of the molecule is CCNOS(=O)(=O)CCCN1C(=O)/C(=C2/[Se]CCN2C)N(C)C1=S. The topological polar surface area (TPSA) is 82.2 Å². The van der Waals surface area contributed by atoms with Crippen molar-refractivity contribution in [1.29, 1.82) is 0 Å². The second kappa shape index (κ2) is 8.11. The molecule has 0 aromatic carbocycles. The number of thiocarbonyl (C=S) groups is 1. The molecule has 1 N–H and O–H groups in total. The fourth-order valence-electron chi connectivity index (χ4n) is 2.40. The molecule has 2 heterocycles. The van der Waals surface area contributed by atoms with Gasteiger partial charge in [0.25, 0.3) is 0 Å². The number of hydrogen-bond donors (Lipinski definition) is 1. The summed E-state index contributed by atoms with van der Waals surface area (Å²) in [7, 11) is 0.123. The van der Waals surface area contributed by atoms with Crippen LogP contribution < -0.4 is 5.48 Å². The zero-order valence-corrected chi connectivity index (χ0v) is 17.3. The van der Waals surface area contributed by atoms with E-state index in [0.29, 0.717) is 17.4 Å². The molecule has 0 bridgehead atoms. The van der Waals surface area contributed by atoms with Gasteiger partial charge in [-0.1, -0.05) is 0 Å². The number of nitrogens with one attached hydrogen (secondary N) is 1. The van der Waals surface area contributed by atoms with Crippen molar-refractivity contribution in [1.82, 2.24) is 20.2 Å². The van der Waals surface area contributed by atoms with Gasteiger partial charge in [-0.3, -0.25) is 0 Å². The second-order valence-electron chi connectivity index (χ2n) is 5.42. The third kappa shape index (κ3) is 4.27. The van der Waals surface area contributed by atoms with E-state index in [9.17, 15) is 13.2 Å². The molecule has 11 heteroatoms. The van der Waals surface area contributed by atoms with E-state index in [-0.39, 0.29) is 39.6 Å². The van der Waals surface area contributed by atoms with Crippen LogP contribution in [0.15, 0.2) is 10.3 Å². The Bertz CT molecular complexity index is 652. The Morgan fingerprint density at radius 3 is 2.67 bits per heavy atom. The maximum absolute atomic E-state index is 12.7. The summed E-state index contributed by atoms with van der Waals surface area (Å²) < 4.78 is 29.0. The summed E-state index contributed by atoms with van der Waals surface area (Å²) in [6.45, 7) is 3.34. The fraction of sp³-hybridized carbons (Fsp3) is 0.692. The fourth-order valence-corrected chi connectivity index (χ4v) is 6.11. The van der Waals surface area contributed by atoms with Crippen LogP contribution in [0.4, 0.5) is 0 Å². The van der Waals surface area contributed by atoms with Crippen LogP contribution in [0.2, 0.25) is 5.32 Å². The molecule has 0 unspecified atom stereocenters. The maximum atomic E-state index is 12.7. The number of nitrogens with zero attached hydrogens (tertiary/aromatic N) is 3. The molecule has 24 heavy (non-hydrogen) atoms. The Morgan fingerprint density at radius 2 is 2.08 bits per heavy atom. The second-order valence-corrected chi connectivity index (χ2v) is 9.75. The number of hydrogen-bond acceptors (Lipinski definition) is 7. The molecular weight excluding hydrogens is 419 g/mol. The van der Waals surface area contributed by atoms with Gasteiger partial charge in [0.15, 0.2) is 0 Å². The summed E-state index contributed by atoms with van der Waals surface area (Å²) >= 11 is 5.63.